The maximum Gasteiger partial charge on any atom is 0.330 e. The first-order valence-electron chi connectivity index (χ1n) is 6.16. The topological polar surface area (TPSA) is 61.6 Å². The lowest BCUT2D eigenvalue weighted by Crippen LogP contribution is -2.15. The average molecular weight is 261 g/mol. The number of imidazole rings is 1. The zero-order valence-corrected chi connectivity index (χ0v) is 10.6. The van der Waals surface area contributed by atoms with Crippen LogP contribution in [-0.2, 0) is 0 Å². The smallest absolute Gasteiger partial charge is 0.312 e. The molecular weight excluding hydrogens is 250 g/mol. The second-order valence-electron chi connectivity index (χ2n) is 4.34. The van der Waals surface area contributed by atoms with Gasteiger partial charge < -0.3 is 4.98 Å². The summed E-state index contributed by atoms with van der Waals surface area (Å²) in [5.41, 5.74) is 2.68. The number of nitriles is 1. The van der Waals surface area contributed by atoms with Crippen molar-refractivity contribution in [2.45, 2.75) is 0 Å². The van der Waals surface area contributed by atoms with Crippen LogP contribution < -0.4 is 5.69 Å². The Morgan fingerprint density at radius 2 is 1.85 bits per heavy atom. The van der Waals surface area contributed by atoms with Crippen LogP contribution in [0, 0.1) is 11.3 Å². The molecular formula is C16H11N3O. The first-order chi connectivity index (χ1) is 9.79. The highest BCUT2D eigenvalue weighted by Crippen LogP contribution is 2.20. The summed E-state index contributed by atoms with van der Waals surface area (Å²) in [5.74, 6) is 0. The van der Waals surface area contributed by atoms with Gasteiger partial charge in [-0.2, -0.15) is 5.26 Å². The monoisotopic (exact) mass is 261 g/mol. The van der Waals surface area contributed by atoms with E-state index >= 15 is 0 Å². The van der Waals surface area contributed by atoms with E-state index in [9.17, 15) is 4.79 Å². The van der Waals surface area contributed by atoms with Crippen LogP contribution in [0.1, 0.15) is 5.56 Å². The molecule has 0 bridgehead atoms. The highest BCUT2D eigenvalue weighted by atomic mass is 16.1. The summed E-state index contributed by atoms with van der Waals surface area (Å²) in [5, 5.41) is 8.97. The summed E-state index contributed by atoms with van der Waals surface area (Å²) in [6.07, 6.45) is 1.68. The van der Waals surface area contributed by atoms with Gasteiger partial charge in [0.25, 0.3) is 0 Å². The number of aromatic nitrogens is 2. The molecule has 0 fully saturated rings. The Labute approximate surface area is 115 Å². The molecule has 96 valence electrons. The van der Waals surface area contributed by atoms with Crippen LogP contribution in [0.4, 0.5) is 0 Å². The van der Waals surface area contributed by atoms with Gasteiger partial charge in [0, 0.05) is 11.8 Å². The molecule has 2 aromatic carbocycles. The van der Waals surface area contributed by atoms with Crippen LogP contribution in [-0.4, -0.2) is 9.55 Å². The van der Waals surface area contributed by atoms with E-state index in [2.05, 4.69) is 11.1 Å². The van der Waals surface area contributed by atoms with E-state index in [1.165, 1.54) is 0 Å². The highest BCUT2D eigenvalue weighted by molar-refractivity contribution is 5.62. The average Bonchev–Trinajstić information content (AvgIpc) is 2.90. The van der Waals surface area contributed by atoms with Crippen molar-refractivity contribution in [3.63, 3.8) is 0 Å². The van der Waals surface area contributed by atoms with Gasteiger partial charge in [-0.15, -0.1) is 0 Å². The molecule has 3 rings (SSSR count). The zero-order chi connectivity index (χ0) is 13.9. The Bertz CT molecular complexity index is 838. The molecule has 0 saturated carbocycles. The Morgan fingerprint density at radius 3 is 2.60 bits per heavy atom. The van der Waals surface area contributed by atoms with Crippen LogP contribution in [0.25, 0.3) is 16.9 Å². The Morgan fingerprint density at radius 1 is 1.05 bits per heavy atom. The summed E-state index contributed by atoms with van der Waals surface area (Å²) < 4.78 is 1.57. The third kappa shape index (κ3) is 2.02. The van der Waals surface area contributed by atoms with Crippen molar-refractivity contribution in [2.75, 3.05) is 0 Å². The highest BCUT2D eigenvalue weighted by Gasteiger charge is 2.10. The van der Waals surface area contributed by atoms with E-state index in [1.807, 2.05) is 36.4 Å². The van der Waals surface area contributed by atoms with Crippen molar-refractivity contribution < 1.29 is 0 Å². The van der Waals surface area contributed by atoms with Gasteiger partial charge in [-0.1, -0.05) is 36.4 Å². The predicted molar refractivity (Wildman–Crippen MR) is 76.5 cm³/mol. The van der Waals surface area contributed by atoms with Gasteiger partial charge in [0.05, 0.1) is 23.0 Å². The quantitative estimate of drug-likeness (QED) is 0.771. The predicted octanol–water partition coefficient (Wildman–Crippen LogP) is 2.70. The number of hydrogen-bond donors (Lipinski definition) is 1. The third-order valence-corrected chi connectivity index (χ3v) is 3.08. The lowest BCUT2D eigenvalue weighted by molar-refractivity contribution is 0.992. The first kappa shape index (κ1) is 12.0. The van der Waals surface area contributed by atoms with Crippen LogP contribution in [0.5, 0.6) is 0 Å². The van der Waals surface area contributed by atoms with Crippen molar-refractivity contribution in [3.05, 3.63) is 76.8 Å². The molecule has 0 aliphatic heterocycles. The minimum Gasteiger partial charge on any atom is -0.312 e. The lowest BCUT2D eigenvalue weighted by atomic mass is 10.1. The van der Waals surface area contributed by atoms with E-state index in [-0.39, 0.29) is 5.69 Å². The molecule has 0 radical (unpaired) electrons. The standard InChI is InChI=1S/C16H11N3O/c17-10-12-5-4-8-14(9-12)19-15(11-18-16(19)20)13-6-2-1-3-7-13/h1-9,11H,(H,18,20). The van der Waals surface area contributed by atoms with Crippen molar-refractivity contribution >= 4 is 0 Å². The first-order valence-corrected chi connectivity index (χ1v) is 6.16. The number of aromatic amines is 1. The molecule has 3 aromatic rings. The minimum absolute atomic E-state index is 0.223. The van der Waals surface area contributed by atoms with E-state index in [4.69, 9.17) is 5.26 Å². The third-order valence-electron chi connectivity index (χ3n) is 3.08. The van der Waals surface area contributed by atoms with Crippen LogP contribution >= 0.6 is 0 Å². The lowest BCUT2D eigenvalue weighted by Gasteiger charge is -2.07. The van der Waals surface area contributed by atoms with Gasteiger partial charge in [-0.05, 0) is 18.2 Å². The van der Waals surface area contributed by atoms with Gasteiger partial charge in [-0.3, -0.25) is 4.57 Å². The molecule has 20 heavy (non-hydrogen) atoms. The normalized spacial score (nSPS) is 10.2. The van der Waals surface area contributed by atoms with Gasteiger partial charge >= 0.3 is 5.69 Å². The molecule has 0 atom stereocenters. The molecule has 1 aromatic heterocycles. The Kier molecular flexibility index (Phi) is 2.94. The van der Waals surface area contributed by atoms with Crippen molar-refractivity contribution in [2.24, 2.45) is 0 Å². The zero-order valence-electron chi connectivity index (χ0n) is 10.6. The molecule has 0 spiro atoms. The number of nitrogens with zero attached hydrogens (tertiary/aromatic N) is 2. The molecule has 1 heterocycles. The van der Waals surface area contributed by atoms with E-state index in [0.29, 0.717) is 11.3 Å². The summed E-state index contributed by atoms with van der Waals surface area (Å²) in [6.45, 7) is 0. The maximum atomic E-state index is 12.0. The molecule has 0 aliphatic rings. The molecule has 0 amide bonds. The molecule has 4 nitrogen and oxygen atoms in total. The summed E-state index contributed by atoms with van der Waals surface area (Å²) >= 11 is 0. The fourth-order valence-electron chi connectivity index (χ4n) is 2.16. The van der Waals surface area contributed by atoms with E-state index in [1.54, 1.807) is 29.0 Å². The molecule has 0 saturated heterocycles. The largest absolute Gasteiger partial charge is 0.330 e. The Hall–Kier alpha value is -3.06. The fourth-order valence-corrected chi connectivity index (χ4v) is 2.16. The fraction of sp³-hybridized carbons (Fsp3) is 0. The van der Waals surface area contributed by atoms with Crippen LogP contribution in [0.2, 0.25) is 0 Å². The van der Waals surface area contributed by atoms with Crippen molar-refractivity contribution in [1.29, 1.82) is 5.26 Å². The number of benzene rings is 2. The number of H-pyrrole nitrogens is 1. The maximum absolute atomic E-state index is 12.0. The second kappa shape index (κ2) is 4.90. The molecule has 1 N–H and O–H groups in total. The van der Waals surface area contributed by atoms with Crippen LogP contribution in [0.15, 0.2) is 65.6 Å². The summed E-state index contributed by atoms with van der Waals surface area (Å²) in [4.78, 5) is 14.7. The Balaban J connectivity index is 2.22. The number of hydrogen-bond acceptors (Lipinski definition) is 2. The minimum atomic E-state index is -0.223. The van der Waals surface area contributed by atoms with Gasteiger partial charge in [-0.25, -0.2) is 4.79 Å². The molecule has 0 unspecified atom stereocenters. The van der Waals surface area contributed by atoms with Gasteiger partial charge in [0.1, 0.15) is 0 Å². The number of nitrogens with one attached hydrogen (secondary N) is 1. The van der Waals surface area contributed by atoms with Crippen molar-refractivity contribution in [1.82, 2.24) is 9.55 Å². The number of rotatable bonds is 2. The van der Waals surface area contributed by atoms with Gasteiger partial charge in [0.15, 0.2) is 0 Å². The van der Waals surface area contributed by atoms with Crippen molar-refractivity contribution in [3.8, 4) is 23.0 Å². The second-order valence-corrected chi connectivity index (χ2v) is 4.34. The van der Waals surface area contributed by atoms with Crippen LogP contribution in [0.3, 0.4) is 0 Å². The van der Waals surface area contributed by atoms with Gasteiger partial charge in [0.2, 0.25) is 0 Å². The summed E-state index contributed by atoms with van der Waals surface area (Å²) in [6, 6.07) is 18.7. The molecule has 0 aliphatic carbocycles. The SMILES string of the molecule is N#Cc1cccc(-n2c(-c3ccccc3)c[nH]c2=O)c1. The molecule has 4 heteroatoms. The summed E-state index contributed by atoms with van der Waals surface area (Å²) in [7, 11) is 0. The van der Waals surface area contributed by atoms with E-state index < -0.39 is 0 Å². The van der Waals surface area contributed by atoms with E-state index in [0.717, 1.165) is 11.3 Å².